The molecule has 0 aromatic carbocycles. The SMILES string of the molecule is CC/C=C\C/C=C\C/C=C\C/C=C\CCCOCC(COC(=O)CCCCCCCCCCCCCCCCCCCCC)OC(=O)CCCCCCCCCCCCCCCCC. The minimum atomic E-state index is -0.560. The van der Waals surface area contributed by atoms with Crippen LogP contribution in [-0.4, -0.2) is 37.9 Å². The second-order valence-electron chi connectivity index (χ2n) is 18.8. The minimum Gasteiger partial charge on any atom is -0.462 e. The highest BCUT2D eigenvalue weighted by molar-refractivity contribution is 5.70. The highest BCUT2D eigenvalue weighted by Gasteiger charge is 2.17. The summed E-state index contributed by atoms with van der Waals surface area (Å²) in [6.07, 6.45) is 68.6. The normalized spacial score (nSPS) is 12.5. The van der Waals surface area contributed by atoms with E-state index in [9.17, 15) is 9.59 Å². The van der Waals surface area contributed by atoms with E-state index >= 15 is 0 Å². The van der Waals surface area contributed by atoms with Gasteiger partial charge in [-0.1, -0.05) is 275 Å². The Labute approximate surface area is 399 Å². The molecular formula is C59H108O5. The van der Waals surface area contributed by atoms with Gasteiger partial charge in [0.25, 0.3) is 0 Å². The van der Waals surface area contributed by atoms with Gasteiger partial charge in [0.05, 0.1) is 6.61 Å². The van der Waals surface area contributed by atoms with E-state index < -0.39 is 6.10 Å². The minimum absolute atomic E-state index is 0.0689. The summed E-state index contributed by atoms with van der Waals surface area (Å²) in [5.41, 5.74) is 0. The Bertz CT molecular complexity index is 1060. The van der Waals surface area contributed by atoms with Crippen LogP contribution >= 0.6 is 0 Å². The topological polar surface area (TPSA) is 61.8 Å². The molecule has 5 heteroatoms. The van der Waals surface area contributed by atoms with E-state index in [0.717, 1.165) is 64.2 Å². The fourth-order valence-corrected chi connectivity index (χ4v) is 8.22. The number of hydrogen-bond acceptors (Lipinski definition) is 5. The average molecular weight is 898 g/mol. The summed E-state index contributed by atoms with van der Waals surface area (Å²) in [7, 11) is 0. The summed E-state index contributed by atoms with van der Waals surface area (Å²) in [5, 5.41) is 0. The van der Waals surface area contributed by atoms with Crippen molar-refractivity contribution in [3.63, 3.8) is 0 Å². The number of carbonyl (C=O) groups excluding carboxylic acids is 2. The molecule has 0 aliphatic rings. The van der Waals surface area contributed by atoms with E-state index in [1.807, 2.05) is 0 Å². The first-order valence-corrected chi connectivity index (χ1v) is 28.2. The van der Waals surface area contributed by atoms with Gasteiger partial charge >= 0.3 is 11.9 Å². The number of rotatable bonds is 52. The smallest absolute Gasteiger partial charge is 0.306 e. The van der Waals surface area contributed by atoms with Crippen molar-refractivity contribution in [2.45, 2.75) is 297 Å². The monoisotopic (exact) mass is 897 g/mol. The molecule has 64 heavy (non-hydrogen) atoms. The second kappa shape index (κ2) is 55.2. The Morgan fingerprint density at radius 1 is 0.359 bits per heavy atom. The van der Waals surface area contributed by atoms with Gasteiger partial charge in [-0.3, -0.25) is 9.59 Å². The highest BCUT2D eigenvalue weighted by atomic mass is 16.6. The van der Waals surface area contributed by atoms with E-state index in [-0.39, 0.29) is 25.2 Å². The molecule has 1 atom stereocenters. The quantitative estimate of drug-likeness (QED) is 0.0346. The van der Waals surface area contributed by atoms with Crippen molar-refractivity contribution < 1.29 is 23.8 Å². The molecule has 0 saturated carbocycles. The molecule has 0 aromatic heterocycles. The standard InChI is InChI=1S/C59H108O5/c1-4-7-10-13-16-19-22-25-28-29-30-31-33-34-37-40-43-46-49-52-58(60)63-56-57(55-62-54-51-48-45-42-39-36-27-24-21-18-15-12-9-6-3)64-59(61)53-50-47-44-41-38-35-32-26-23-20-17-14-11-8-5-2/h9,12,18,21,27,36,42,45,57H,4-8,10-11,13-17,19-20,22-26,28-35,37-41,43-44,46-56H2,1-3H3/b12-9-,21-18-,36-27-,45-42-. The fraction of sp³-hybridized carbons (Fsp3) is 0.831. The summed E-state index contributed by atoms with van der Waals surface area (Å²) in [5.74, 6) is -0.410. The third-order valence-electron chi connectivity index (χ3n) is 12.4. The van der Waals surface area contributed by atoms with E-state index in [1.54, 1.807) is 0 Å². The van der Waals surface area contributed by atoms with Crippen LogP contribution in [0.3, 0.4) is 0 Å². The average Bonchev–Trinajstić information content (AvgIpc) is 3.30. The number of carbonyl (C=O) groups is 2. The molecule has 5 nitrogen and oxygen atoms in total. The summed E-state index contributed by atoms with van der Waals surface area (Å²) in [4.78, 5) is 25.5. The lowest BCUT2D eigenvalue weighted by Gasteiger charge is -2.18. The van der Waals surface area contributed by atoms with Gasteiger partial charge in [0.1, 0.15) is 6.61 Å². The molecule has 0 rings (SSSR count). The number of allylic oxidation sites excluding steroid dienone is 8. The lowest BCUT2D eigenvalue weighted by Crippen LogP contribution is -2.30. The van der Waals surface area contributed by atoms with Crippen LogP contribution in [0, 0.1) is 0 Å². The molecular weight excluding hydrogens is 789 g/mol. The zero-order valence-corrected chi connectivity index (χ0v) is 43.1. The van der Waals surface area contributed by atoms with E-state index in [1.165, 1.54) is 193 Å². The van der Waals surface area contributed by atoms with Crippen LogP contribution in [0.2, 0.25) is 0 Å². The molecule has 0 aliphatic heterocycles. The molecule has 0 spiro atoms. The largest absolute Gasteiger partial charge is 0.462 e. The van der Waals surface area contributed by atoms with Gasteiger partial charge in [-0.25, -0.2) is 0 Å². The molecule has 0 saturated heterocycles. The molecule has 0 N–H and O–H groups in total. The lowest BCUT2D eigenvalue weighted by atomic mass is 10.0. The molecule has 0 fully saturated rings. The van der Waals surface area contributed by atoms with Gasteiger partial charge in [0.2, 0.25) is 0 Å². The molecule has 0 aromatic rings. The van der Waals surface area contributed by atoms with Gasteiger partial charge in [0.15, 0.2) is 6.10 Å². The molecule has 0 heterocycles. The maximum atomic E-state index is 12.8. The predicted octanol–water partition coefficient (Wildman–Crippen LogP) is 19.1. The molecule has 1 unspecified atom stereocenters. The van der Waals surface area contributed by atoms with Crippen LogP contribution in [0.1, 0.15) is 290 Å². The third kappa shape index (κ3) is 52.5. The van der Waals surface area contributed by atoms with Gasteiger partial charge in [-0.05, 0) is 51.4 Å². The van der Waals surface area contributed by atoms with Crippen LogP contribution in [-0.2, 0) is 23.8 Å². The summed E-state index contributed by atoms with van der Waals surface area (Å²) >= 11 is 0. The van der Waals surface area contributed by atoms with Crippen molar-refractivity contribution in [2.24, 2.45) is 0 Å². The van der Waals surface area contributed by atoms with Crippen molar-refractivity contribution in [2.75, 3.05) is 19.8 Å². The first-order chi connectivity index (χ1) is 31.6. The van der Waals surface area contributed by atoms with E-state index in [2.05, 4.69) is 69.4 Å². The Kier molecular flexibility index (Phi) is 53.3. The maximum Gasteiger partial charge on any atom is 0.306 e. The Morgan fingerprint density at radius 2 is 0.688 bits per heavy atom. The van der Waals surface area contributed by atoms with Gasteiger partial charge in [-0.15, -0.1) is 0 Å². The van der Waals surface area contributed by atoms with Crippen molar-refractivity contribution in [3.8, 4) is 0 Å². The van der Waals surface area contributed by atoms with Crippen molar-refractivity contribution >= 4 is 11.9 Å². The fourth-order valence-electron chi connectivity index (χ4n) is 8.22. The van der Waals surface area contributed by atoms with Crippen LogP contribution in [0.5, 0.6) is 0 Å². The zero-order valence-electron chi connectivity index (χ0n) is 43.1. The Morgan fingerprint density at radius 3 is 1.06 bits per heavy atom. The van der Waals surface area contributed by atoms with Gasteiger partial charge < -0.3 is 14.2 Å². The van der Waals surface area contributed by atoms with Gasteiger partial charge in [0, 0.05) is 19.4 Å². The summed E-state index contributed by atoms with van der Waals surface area (Å²) in [6, 6.07) is 0. The Hall–Kier alpha value is -2.14. The highest BCUT2D eigenvalue weighted by Crippen LogP contribution is 2.17. The number of hydrogen-bond donors (Lipinski definition) is 0. The van der Waals surface area contributed by atoms with Crippen molar-refractivity contribution in [1.29, 1.82) is 0 Å². The summed E-state index contributed by atoms with van der Waals surface area (Å²) in [6.45, 7) is 7.63. The zero-order chi connectivity index (χ0) is 46.3. The van der Waals surface area contributed by atoms with Crippen LogP contribution in [0.4, 0.5) is 0 Å². The van der Waals surface area contributed by atoms with Crippen LogP contribution in [0.25, 0.3) is 0 Å². The number of ether oxygens (including phenoxy) is 3. The molecule has 0 bridgehead atoms. The van der Waals surface area contributed by atoms with E-state index in [4.69, 9.17) is 14.2 Å². The molecule has 0 amide bonds. The number of unbranched alkanes of at least 4 members (excludes halogenated alkanes) is 33. The van der Waals surface area contributed by atoms with Crippen LogP contribution < -0.4 is 0 Å². The maximum absolute atomic E-state index is 12.8. The van der Waals surface area contributed by atoms with Crippen molar-refractivity contribution in [3.05, 3.63) is 48.6 Å². The second-order valence-corrected chi connectivity index (χ2v) is 18.8. The first kappa shape index (κ1) is 61.9. The first-order valence-electron chi connectivity index (χ1n) is 28.2. The third-order valence-corrected chi connectivity index (χ3v) is 12.4. The molecule has 374 valence electrons. The molecule has 0 aliphatic carbocycles. The van der Waals surface area contributed by atoms with E-state index in [0.29, 0.717) is 19.4 Å². The van der Waals surface area contributed by atoms with Crippen molar-refractivity contribution in [1.82, 2.24) is 0 Å². The van der Waals surface area contributed by atoms with Gasteiger partial charge in [-0.2, -0.15) is 0 Å². The summed E-state index contributed by atoms with van der Waals surface area (Å²) < 4.78 is 17.4. The van der Waals surface area contributed by atoms with Crippen LogP contribution in [0.15, 0.2) is 48.6 Å². The predicted molar refractivity (Wildman–Crippen MR) is 279 cm³/mol. The molecule has 0 radical (unpaired) electrons. The lowest BCUT2D eigenvalue weighted by molar-refractivity contribution is -0.163. The number of esters is 2. The Balaban J connectivity index is 4.25.